The fourth-order valence-corrected chi connectivity index (χ4v) is 9.27. The number of rotatable bonds is 6. The zero-order chi connectivity index (χ0) is 40.8. The molecule has 0 aliphatic carbocycles. The molecule has 0 spiro atoms. The molecule has 0 saturated heterocycles. The lowest BCUT2D eigenvalue weighted by molar-refractivity contribution is 0.663. The smallest absolute Gasteiger partial charge is 0.136 e. The Morgan fingerprint density at radius 2 is 0.717 bits per heavy atom. The van der Waals surface area contributed by atoms with Gasteiger partial charge in [0.05, 0.1) is 0 Å². The third-order valence-electron chi connectivity index (χ3n) is 12.8. The van der Waals surface area contributed by atoms with Crippen molar-refractivity contribution in [2.75, 3.05) is 9.80 Å². The van der Waals surface area contributed by atoms with Crippen LogP contribution in [0.3, 0.4) is 0 Å². The largest absolute Gasteiger partial charge is 0.456 e. The van der Waals surface area contributed by atoms with Crippen LogP contribution in [-0.4, -0.2) is 0 Å². The van der Waals surface area contributed by atoms with Crippen molar-refractivity contribution in [1.29, 1.82) is 0 Å². The number of para-hydroxylation sites is 2. The summed E-state index contributed by atoms with van der Waals surface area (Å²) in [5, 5.41) is 8.90. The van der Waals surface area contributed by atoms with Crippen molar-refractivity contribution in [3.8, 4) is 0 Å². The lowest BCUT2D eigenvalue weighted by Gasteiger charge is -2.29. The highest BCUT2D eigenvalue weighted by Crippen LogP contribution is 2.46. The maximum atomic E-state index is 6.69. The summed E-state index contributed by atoms with van der Waals surface area (Å²) in [5.41, 5.74) is 17.8. The third-order valence-corrected chi connectivity index (χ3v) is 12.8. The van der Waals surface area contributed by atoms with Crippen LogP contribution in [0.1, 0.15) is 33.4 Å². The van der Waals surface area contributed by atoms with Gasteiger partial charge in [-0.15, -0.1) is 0 Å². The van der Waals surface area contributed by atoms with Crippen LogP contribution in [0.2, 0.25) is 0 Å². The molecule has 11 aromatic rings. The second kappa shape index (κ2) is 13.6. The predicted molar refractivity (Wildman–Crippen MR) is 254 cm³/mol. The molecule has 0 aliphatic rings. The number of hydrogen-bond donors (Lipinski definition) is 0. The molecule has 2 heterocycles. The van der Waals surface area contributed by atoms with E-state index in [4.69, 9.17) is 8.83 Å². The van der Waals surface area contributed by atoms with E-state index in [1.165, 1.54) is 56.1 Å². The Bertz CT molecular complexity index is 3300. The van der Waals surface area contributed by atoms with E-state index >= 15 is 0 Å². The molecule has 0 atom stereocenters. The molecule has 290 valence electrons. The van der Waals surface area contributed by atoms with Gasteiger partial charge >= 0.3 is 0 Å². The highest BCUT2D eigenvalue weighted by atomic mass is 16.3. The van der Waals surface area contributed by atoms with Gasteiger partial charge in [0.15, 0.2) is 0 Å². The van der Waals surface area contributed by atoms with E-state index in [0.717, 1.165) is 76.8 Å². The first-order valence-electron chi connectivity index (χ1n) is 20.7. The Labute approximate surface area is 349 Å². The van der Waals surface area contributed by atoms with Crippen LogP contribution < -0.4 is 9.80 Å². The van der Waals surface area contributed by atoms with Crippen molar-refractivity contribution in [3.63, 3.8) is 0 Å². The second-order valence-corrected chi connectivity index (χ2v) is 16.5. The Hall–Kier alpha value is -7.30. The second-order valence-electron chi connectivity index (χ2n) is 16.5. The van der Waals surface area contributed by atoms with Crippen LogP contribution in [0.15, 0.2) is 167 Å². The van der Waals surface area contributed by atoms with Gasteiger partial charge in [-0.05, 0) is 181 Å². The van der Waals surface area contributed by atoms with Crippen molar-refractivity contribution in [1.82, 2.24) is 0 Å². The van der Waals surface area contributed by atoms with Gasteiger partial charge in [0.25, 0.3) is 0 Å². The molecule has 60 heavy (non-hydrogen) atoms. The predicted octanol–water partition coefficient (Wildman–Crippen LogP) is 16.6. The Balaban J connectivity index is 1.06. The molecule has 0 bridgehead atoms. The topological polar surface area (TPSA) is 32.8 Å². The zero-order valence-electron chi connectivity index (χ0n) is 34.7. The molecule has 11 rings (SSSR count). The van der Waals surface area contributed by atoms with E-state index < -0.39 is 0 Å². The molecule has 0 saturated carbocycles. The Morgan fingerprint density at radius 1 is 0.317 bits per heavy atom. The number of hydrogen-bond acceptors (Lipinski definition) is 4. The van der Waals surface area contributed by atoms with Crippen LogP contribution in [-0.2, 0) is 0 Å². The fraction of sp³-hybridized carbons (Fsp3) is 0.107. The summed E-state index contributed by atoms with van der Waals surface area (Å²) in [6, 6.07) is 57.0. The van der Waals surface area contributed by atoms with Crippen LogP contribution in [0.5, 0.6) is 0 Å². The van der Waals surface area contributed by atoms with E-state index in [-0.39, 0.29) is 0 Å². The average Bonchev–Trinajstić information content (AvgIpc) is 3.80. The molecule has 0 radical (unpaired) electrons. The minimum atomic E-state index is 0.852. The van der Waals surface area contributed by atoms with E-state index in [1.807, 2.05) is 0 Å². The summed E-state index contributed by atoms with van der Waals surface area (Å²) in [4.78, 5) is 4.77. The summed E-state index contributed by atoms with van der Waals surface area (Å²) in [6.45, 7) is 13.1. The molecule has 4 nitrogen and oxygen atoms in total. The molecular formula is C56H44N2O2. The molecule has 0 amide bonds. The van der Waals surface area contributed by atoms with Crippen molar-refractivity contribution in [2.45, 2.75) is 41.5 Å². The first kappa shape index (κ1) is 35.8. The SMILES string of the molecule is Cc1ccccc1N(c1ccc2cc3c(cc2c1)oc1ccc2oc4cc5cc(N(c6ccccc6C)c6cccc(C)c6C)ccc5cc4c2c13)c1cccc(C)c1C. The Morgan fingerprint density at radius 3 is 1.15 bits per heavy atom. The molecule has 4 heteroatoms. The summed E-state index contributed by atoms with van der Waals surface area (Å²) < 4.78 is 13.4. The quantitative estimate of drug-likeness (QED) is 0.168. The molecule has 2 aromatic heterocycles. The third kappa shape index (κ3) is 5.59. The van der Waals surface area contributed by atoms with E-state index in [9.17, 15) is 0 Å². The molecule has 9 aromatic carbocycles. The van der Waals surface area contributed by atoms with Gasteiger partial charge in [-0.1, -0.05) is 72.8 Å². The maximum absolute atomic E-state index is 6.69. The number of anilines is 6. The normalized spacial score (nSPS) is 11.8. The first-order valence-corrected chi connectivity index (χ1v) is 20.7. The average molecular weight is 777 g/mol. The van der Waals surface area contributed by atoms with Crippen LogP contribution >= 0.6 is 0 Å². The number of aryl methyl sites for hydroxylation is 4. The van der Waals surface area contributed by atoms with Crippen molar-refractivity contribution in [2.24, 2.45) is 0 Å². The van der Waals surface area contributed by atoms with Crippen LogP contribution in [0, 0.1) is 41.5 Å². The maximum Gasteiger partial charge on any atom is 0.136 e. The molecular weight excluding hydrogens is 733 g/mol. The highest BCUT2D eigenvalue weighted by Gasteiger charge is 2.22. The minimum absolute atomic E-state index is 0.852. The molecule has 0 fully saturated rings. The fourth-order valence-electron chi connectivity index (χ4n) is 9.27. The minimum Gasteiger partial charge on any atom is -0.456 e. The summed E-state index contributed by atoms with van der Waals surface area (Å²) in [7, 11) is 0. The number of benzene rings is 9. The highest BCUT2D eigenvalue weighted by molar-refractivity contribution is 6.28. The first-order chi connectivity index (χ1) is 29.2. The standard InChI is InChI=1S/C56H44N2O2/c1-33-15-11-19-49(37(33)5)57(47-17-9-7-13-35(47)3)43-23-21-39-29-45-53(31-41(39)27-43)59-51-25-26-52-56(55(45)51)46-30-40-22-24-44(28-42(40)32-54(46)60-52)58(48-18-10-8-14-36(48)4)50-20-12-16-34(2)38(50)6/h7-32H,1-6H3. The van der Waals surface area contributed by atoms with Gasteiger partial charge in [0, 0.05) is 55.7 Å². The number of nitrogens with zero attached hydrogens (tertiary/aromatic N) is 2. The van der Waals surface area contributed by atoms with E-state index in [0.29, 0.717) is 0 Å². The Kier molecular flexibility index (Phi) is 8.15. The summed E-state index contributed by atoms with van der Waals surface area (Å²) >= 11 is 0. The van der Waals surface area contributed by atoms with Crippen molar-refractivity contribution >= 4 is 99.5 Å². The van der Waals surface area contributed by atoms with Gasteiger partial charge < -0.3 is 18.6 Å². The van der Waals surface area contributed by atoms with Gasteiger partial charge in [0.1, 0.15) is 22.3 Å². The van der Waals surface area contributed by atoms with Crippen molar-refractivity contribution < 1.29 is 8.83 Å². The number of furan rings is 2. The monoisotopic (exact) mass is 776 g/mol. The van der Waals surface area contributed by atoms with Gasteiger partial charge in [-0.2, -0.15) is 0 Å². The molecule has 0 aliphatic heterocycles. The van der Waals surface area contributed by atoms with Gasteiger partial charge in [-0.3, -0.25) is 0 Å². The van der Waals surface area contributed by atoms with Crippen LogP contribution in [0.25, 0.3) is 65.4 Å². The number of fused-ring (bicyclic) bond motifs is 9. The van der Waals surface area contributed by atoms with Gasteiger partial charge in [0.2, 0.25) is 0 Å². The zero-order valence-corrected chi connectivity index (χ0v) is 34.7. The lowest BCUT2D eigenvalue weighted by Crippen LogP contribution is -2.13. The van der Waals surface area contributed by atoms with E-state index in [1.54, 1.807) is 0 Å². The molecule has 0 unspecified atom stereocenters. The summed E-state index contributed by atoms with van der Waals surface area (Å²) in [6.07, 6.45) is 0. The summed E-state index contributed by atoms with van der Waals surface area (Å²) in [5.74, 6) is 0. The lowest BCUT2D eigenvalue weighted by atomic mass is 9.99. The van der Waals surface area contributed by atoms with Gasteiger partial charge in [-0.25, -0.2) is 0 Å². The van der Waals surface area contributed by atoms with E-state index in [2.05, 4.69) is 209 Å². The van der Waals surface area contributed by atoms with Crippen molar-refractivity contribution in [3.05, 3.63) is 191 Å². The van der Waals surface area contributed by atoms with Crippen LogP contribution in [0.4, 0.5) is 34.1 Å². The molecule has 0 N–H and O–H groups in total.